The Morgan fingerprint density at radius 2 is 1.74 bits per heavy atom. The van der Waals surface area contributed by atoms with Crippen LogP contribution in [0.3, 0.4) is 0 Å². The van der Waals surface area contributed by atoms with Crippen molar-refractivity contribution in [3.63, 3.8) is 0 Å². The first kappa shape index (κ1) is 27.9. The molecule has 8 nitrogen and oxygen atoms in total. The number of allylic oxidation sites excluding steroid dienone is 1. The first-order valence-electron chi connectivity index (χ1n) is 12.8. The number of esters is 1. The van der Waals surface area contributed by atoms with Gasteiger partial charge in [-0.3, -0.25) is 9.36 Å². The minimum absolute atomic E-state index is 0.201. The molecule has 1 aliphatic rings. The lowest BCUT2D eigenvalue weighted by Crippen LogP contribution is -2.40. The van der Waals surface area contributed by atoms with Crippen LogP contribution < -0.4 is 29.1 Å². The van der Waals surface area contributed by atoms with Gasteiger partial charge in [-0.05, 0) is 69.2 Å². The van der Waals surface area contributed by atoms with Crippen LogP contribution in [-0.4, -0.2) is 37.0 Å². The van der Waals surface area contributed by atoms with Crippen molar-refractivity contribution in [3.8, 4) is 17.2 Å². The highest BCUT2D eigenvalue weighted by atomic mass is 32.1. The number of carbonyl (C=O) groups excluding carboxylic acids is 1. The maximum atomic E-state index is 13.8. The van der Waals surface area contributed by atoms with Gasteiger partial charge in [0.25, 0.3) is 5.56 Å². The van der Waals surface area contributed by atoms with E-state index in [2.05, 4.69) is 11.6 Å². The fraction of sp³-hybridized carbons (Fsp3) is 0.300. The third-order valence-corrected chi connectivity index (χ3v) is 6.93. The first-order chi connectivity index (χ1) is 18.9. The summed E-state index contributed by atoms with van der Waals surface area (Å²) in [6.45, 7) is 12.5. The zero-order valence-electron chi connectivity index (χ0n) is 22.6. The Hall–Kier alpha value is -4.11. The lowest BCUT2D eigenvalue weighted by molar-refractivity contribution is -0.139. The Kier molecular flexibility index (Phi) is 9.03. The van der Waals surface area contributed by atoms with E-state index < -0.39 is 12.0 Å². The summed E-state index contributed by atoms with van der Waals surface area (Å²) in [5, 5.41) is 0. The summed E-state index contributed by atoms with van der Waals surface area (Å²) < 4.78 is 24.6. The highest BCUT2D eigenvalue weighted by Gasteiger charge is 2.34. The van der Waals surface area contributed by atoms with Gasteiger partial charge in [-0.1, -0.05) is 42.2 Å². The van der Waals surface area contributed by atoms with Gasteiger partial charge in [-0.15, -0.1) is 0 Å². The zero-order valence-corrected chi connectivity index (χ0v) is 23.4. The summed E-state index contributed by atoms with van der Waals surface area (Å²) in [7, 11) is 0. The average Bonchev–Trinajstić information content (AvgIpc) is 3.22. The van der Waals surface area contributed by atoms with Crippen LogP contribution in [-0.2, 0) is 9.53 Å². The molecule has 9 heteroatoms. The van der Waals surface area contributed by atoms with E-state index in [-0.39, 0.29) is 12.2 Å². The van der Waals surface area contributed by atoms with Crippen LogP contribution in [0.1, 0.15) is 44.9 Å². The normalized spacial score (nSPS) is 14.9. The lowest BCUT2D eigenvalue weighted by atomic mass is 9.95. The van der Waals surface area contributed by atoms with E-state index in [1.807, 2.05) is 56.3 Å². The van der Waals surface area contributed by atoms with Crippen molar-refractivity contribution >= 4 is 23.4 Å². The molecule has 1 atom stereocenters. The molecule has 4 rings (SSSR count). The van der Waals surface area contributed by atoms with E-state index in [9.17, 15) is 9.59 Å². The van der Waals surface area contributed by atoms with E-state index in [4.69, 9.17) is 18.9 Å². The third-order valence-electron chi connectivity index (χ3n) is 5.95. The molecule has 2 aromatic carbocycles. The predicted molar refractivity (Wildman–Crippen MR) is 151 cm³/mol. The Morgan fingerprint density at radius 3 is 2.41 bits per heavy atom. The number of ether oxygens (including phenoxy) is 4. The monoisotopic (exact) mass is 548 g/mol. The van der Waals surface area contributed by atoms with Crippen LogP contribution in [0.2, 0.25) is 0 Å². The minimum Gasteiger partial charge on any atom is -0.490 e. The number of rotatable bonds is 11. The number of hydrogen-bond acceptors (Lipinski definition) is 8. The predicted octanol–water partition coefficient (Wildman–Crippen LogP) is 4.16. The minimum atomic E-state index is -0.744. The fourth-order valence-electron chi connectivity index (χ4n) is 4.31. The largest absolute Gasteiger partial charge is 0.490 e. The van der Waals surface area contributed by atoms with Crippen LogP contribution in [0.5, 0.6) is 17.2 Å². The highest BCUT2D eigenvalue weighted by Crippen LogP contribution is 2.36. The van der Waals surface area contributed by atoms with Gasteiger partial charge in [-0.2, -0.15) is 0 Å². The van der Waals surface area contributed by atoms with Crippen molar-refractivity contribution in [2.75, 3.05) is 26.4 Å². The molecule has 39 heavy (non-hydrogen) atoms. The molecule has 2 heterocycles. The quantitative estimate of drug-likeness (QED) is 0.264. The van der Waals surface area contributed by atoms with Crippen molar-refractivity contribution in [2.24, 2.45) is 4.99 Å². The molecule has 0 amide bonds. The van der Waals surface area contributed by atoms with Crippen molar-refractivity contribution in [2.45, 2.75) is 33.7 Å². The van der Waals surface area contributed by atoms with Gasteiger partial charge in [0.05, 0.1) is 41.7 Å². The summed E-state index contributed by atoms with van der Waals surface area (Å²) in [6, 6.07) is 12.2. The van der Waals surface area contributed by atoms with Crippen LogP contribution in [0.15, 0.2) is 76.2 Å². The van der Waals surface area contributed by atoms with Gasteiger partial charge in [-0.25, -0.2) is 9.79 Å². The second-order valence-electron chi connectivity index (χ2n) is 8.54. The van der Waals surface area contributed by atoms with E-state index in [1.165, 1.54) is 11.3 Å². The fourth-order valence-corrected chi connectivity index (χ4v) is 5.36. The number of fused-ring (bicyclic) bond motifs is 1. The number of nitrogens with zero attached hydrogens (tertiary/aromatic N) is 2. The smallest absolute Gasteiger partial charge is 0.338 e. The van der Waals surface area contributed by atoms with Crippen LogP contribution in [0.4, 0.5) is 0 Å². The SMILES string of the molecule is C=CCOc1ccc(/C=c2\sc3n(c2=O)[C@@H](c2ccc(OCC)c(OCC)c2)C(C(=O)OCC)=C(C)N=3)cc1. The Morgan fingerprint density at radius 1 is 1.03 bits per heavy atom. The topological polar surface area (TPSA) is 88.3 Å². The molecule has 0 spiro atoms. The first-order valence-corrected chi connectivity index (χ1v) is 13.7. The summed E-state index contributed by atoms with van der Waals surface area (Å²) in [4.78, 5) is 32.1. The van der Waals surface area contributed by atoms with Crippen molar-refractivity contribution in [3.05, 3.63) is 97.2 Å². The number of thiazole rings is 1. The molecule has 1 aliphatic heterocycles. The van der Waals surface area contributed by atoms with Gasteiger partial charge in [0.1, 0.15) is 12.4 Å². The second kappa shape index (κ2) is 12.6. The number of benzene rings is 2. The Labute approximate surface area is 231 Å². The molecule has 0 unspecified atom stereocenters. The number of aromatic nitrogens is 1. The number of carbonyl (C=O) groups is 1. The highest BCUT2D eigenvalue weighted by molar-refractivity contribution is 7.07. The van der Waals surface area contributed by atoms with Crippen molar-refractivity contribution in [1.29, 1.82) is 0 Å². The Balaban J connectivity index is 1.87. The summed E-state index contributed by atoms with van der Waals surface area (Å²) >= 11 is 1.27. The van der Waals surface area contributed by atoms with E-state index in [0.717, 1.165) is 5.56 Å². The molecule has 0 radical (unpaired) electrons. The molecule has 0 saturated carbocycles. The summed E-state index contributed by atoms with van der Waals surface area (Å²) in [6.07, 6.45) is 3.49. The molecule has 204 valence electrons. The maximum Gasteiger partial charge on any atom is 0.338 e. The van der Waals surface area contributed by atoms with Gasteiger partial charge < -0.3 is 18.9 Å². The van der Waals surface area contributed by atoms with Crippen LogP contribution in [0.25, 0.3) is 6.08 Å². The number of hydrogen-bond donors (Lipinski definition) is 0. The Bertz CT molecular complexity index is 1570. The molecule has 0 fully saturated rings. The van der Waals surface area contributed by atoms with Gasteiger partial charge in [0, 0.05) is 0 Å². The third kappa shape index (κ3) is 5.98. The van der Waals surface area contributed by atoms with E-state index in [1.54, 1.807) is 30.6 Å². The molecule has 0 bridgehead atoms. The molecule has 0 N–H and O–H groups in total. The van der Waals surface area contributed by atoms with Gasteiger partial charge in [0.2, 0.25) is 0 Å². The van der Waals surface area contributed by atoms with Gasteiger partial charge in [0.15, 0.2) is 16.3 Å². The van der Waals surface area contributed by atoms with E-state index >= 15 is 0 Å². The summed E-state index contributed by atoms with van der Waals surface area (Å²) in [5.74, 6) is 1.33. The molecule has 0 saturated heterocycles. The van der Waals surface area contributed by atoms with Crippen molar-refractivity contribution in [1.82, 2.24) is 4.57 Å². The molecule has 0 aliphatic carbocycles. The standard InChI is InChI=1S/C30H32N2O6S/c1-6-16-38-22-13-10-20(11-14-22)17-25-28(33)32-27(21-12-15-23(35-7-2)24(18-21)36-8-3)26(29(34)37-9-4)19(5)31-30(32)39-25/h6,10-15,17-18,27H,1,7-9,16H2,2-5H3/b25-17-/t27-/m0/s1. The average molecular weight is 549 g/mol. The van der Waals surface area contributed by atoms with Crippen LogP contribution in [0, 0.1) is 0 Å². The molecular weight excluding hydrogens is 516 g/mol. The molecular formula is C30H32N2O6S. The van der Waals surface area contributed by atoms with Crippen LogP contribution >= 0.6 is 11.3 Å². The van der Waals surface area contributed by atoms with Crippen molar-refractivity contribution < 1.29 is 23.7 Å². The summed E-state index contributed by atoms with van der Waals surface area (Å²) in [5.41, 5.74) is 2.09. The van der Waals surface area contributed by atoms with E-state index in [0.29, 0.717) is 63.2 Å². The maximum absolute atomic E-state index is 13.8. The lowest BCUT2D eigenvalue weighted by Gasteiger charge is -2.25. The van der Waals surface area contributed by atoms with Gasteiger partial charge >= 0.3 is 5.97 Å². The second-order valence-corrected chi connectivity index (χ2v) is 9.55. The zero-order chi connectivity index (χ0) is 27.9. The molecule has 1 aromatic heterocycles. The molecule has 3 aromatic rings.